The number of carbonyl (C=O) groups excluding carboxylic acids is 4. The fourth-order valence-corrected chi connectivity index (χ4v) is 4.61. The number of carboxylic acid groups (broad SMARTS) is 2. The van der Waals surface area contributed by atoms with Gasteiger partial charge in [-0.3, -0.25) is 28.8 Å². The SMILES string of the molecule is NC(CCC(=O)NC(CSCC(=O)c1ccc(NC(=O)c2ccc(S(=O)(=O)F)cc2)cc1)C(=O)NCC(=O)O)C(=O)O. The summed E-state index contributed by atoms with van der Waals surface area (Å²) in [6.07, 6.45) is -0.490. The maximum absolute atomic E-state index is 13.0. The molecule has 2 aromatic carbocycles. The topological polar surface area (TPSA) is 239 Å². The van der Waals surface area contributed by atoms with Gasteiger partial charge in [0.05, 0.1) is 10.6 Å². The second kappa shape index (κ2) is 15.6. The second-order valence-electron chi connectivity index (χ2n) is 8.65. The minimum atomic E-state index is -4.90. The van der Waals surface area contributed by atoms with E-state index in [1.54, 1.807) is 0 Å². The lowest BCUT2D eigenvalue weighted by Gasteiger charge is -2.18. The third kappa shape index (κ3) is 11.3. The molecule has 226 valence electrons. The minimum absolute atomic E-state index is 0.0673. The molecular formula is C25H27FN4O10S2. The summed E-state index contributed by atoms with van der Waals surface area (Å²) in [5.41, 5.74) is 6.01. The Morgan fingerprint density at radius 3 is 2.07 bits per heavy atom. The number of anilines is 1. The average molecular weight is 627 g/mol. The number of halogens is 1. The summed E-state index contributed by atoms with van der Waals surface area (Å²) < 4.78 is 34.8. The van der Waals surface area contributed by atoms with Gasteiger partial charge in [-0.15, -0.1) is 3.89 Å². The van der Waals surface area contributed by atoms with Gasteiger partial charge in [0.15, 0.2) is 5.78 Å². The van der Waals surface area contributed by atoms with Crippen LogP contribution in [0.3, 0.4) is 0 Å². The van der Waals surface area contributed by atoms with Gasteiger partial charge in [0, 0.05) is 29.0 Å². The van der Waals surface area contributed by atoms with Crippen LogP contribution in [0, 0.1) is 0 Å². The van der Waals surface area contributed by atoms with Crippen LogP contribution >= 0.6 is 11.8 Å². The van der Waals surface area contributed by atoms with Crippen molar-refractivity contribution < 1.29 is 51.3 Å². The van der Waals surface area contributed by atoms with Crippen molar-refractivity contribution >= 4 is 63.1 Å². The molecule has 0 aliphatic heterocycles. The fourth-order valence-electron chi connectivity index (χ4n) is 3.21. The Balaban J connectivity index is 1.93. The van der Waals surface area contributed by atoms with Gasteiger partial charge in [-0.1, -0.05) is 0 Å². The molecule has 0 saturated heterocycles. The highest BCUT2D eigenvalue weighted by molar-refractivity contribution is 8.00. The molecule has 0 saturated carbocycles. The monoisotopic (exact) mass is 626 g/mol. The van der Waals surface area contributed by atoms with E-state index in [1.807, 2.05) is 0 Å². The van der Waals surface area contributed by atoms with Crippen LogP contribution in [0.2, 0.25) is 0 Å². The number of amides is 3. The molecule has 2 atom stereocenters. The predicted molar refractivity (Wildman–Crippen MR) is 148 cm³/mol. The first-order chi connectivity index (χ1) is 19.7. The van der Waals surface area contributed by atoms with E-state index in [9.17, 15) is 41.1 Å². The number of carbonyl (C=O) groups is 6. The number of hydrogen-bond acceptors (Lipinski definition) is 10. The maximum atomic E-state index is 13.0. The predicted octanol–water partition coefficient (Wildman–Crippen LogP) is 0.391. The Morgan fingerprint density at radius 1 is 0.929 bits per heavy atom. The molecule has 0 heterocycles. The number of hydrogen-bond donors (Lipinski definition) is 6. The summed E-state index contributed by atoms with van der Waals surface area (Å²) >= 11 is 0.983. The number of nitrogens with one attached hydrogen (secondary N) is 3. The molecule has 17 heteroatoms. The zero-order valence-electron chi connectivity index (χ0n) is 21.7. The summed E-state index contributed by atoms with van der Waals surface area (Å²) in [5, 5.41) is 24.7. The van der Waals surface area contributed by atoms with E-state index in [1.165, 1.54) is 24.3 Å². The quantitative estimate of drug-likeness (QED) is 0.110. The molecule has 2 rings (SSSR count). The number of benzene rings is 2. The van der Waals surface area contributed by atoms with E-state index in [2.05, 4.69) is 16.0 Å². The maximum Gasteiger partial charge on any atom is 0.332 e. The standard InChI is InChI=1S/C25H27FN4O10S2/c26-42(39,40)17-7-3-15(4-8-17)23(35)29-16-5-1-14(2-6-16)20(31)13-41-12-19(24(36)28-11-22(33)34)30-21(32)10-9-18(27)25(37)38/h1-8,18-19H,9-13,27H2,(H,28,36)(H,29,35)(H,30,32)(H,33,34)(H,37,38). The minimum Gasteiger partial charge on any atom is -0.480 e. The third-order valence-corrected chi connectivity index (χ3v) is 7.32. The van der Waals surface area contributed by atoms with Crippen LogP contribution in [0.4, 0.5) is 9.57 Å². The van der Waals surface area contributed by atoms with Crippen molar-refractivity contribution in [2.24, 2.45) is 5.73 Å². The molecule has 7 N–H and O–H groups in total. The van der Waals surface area contributed by atoms with E-state index >= 15 is 0 Å². The van der Waals surface area contributed by atoms with Crippen LogP contribution in [-0.2, 0) is 29.4 Å². The highest BCUT2D eigenvalue weighted by Crippen LogP contribution is 2.17. The molecule has 2 unspecified atom stereocenters. The summed E-state index contributed by atoms with van der Waals surface area (Å²) in [7, 11) is -4.90. The Hall–Kier alpha value is -4.35. The Morgan fingerprint density at radius 2 is 1.52 bits per heavy atom. The van der Waals surface area contributed by atoms with Crippen LogP contribution in [0.5, 0.6) is 0 Å². The lowest BCUT2D eigenvalue weighted by atomic mass is 10.1. The lowest BCUT2D eigenvalue weighted by Crippen LogP contribution is -2.49. The molecule has 0 spiro atoms. The number of thioether (sulfide) groups is 1. The number of nitrogens with two attached hydrogens (primary N) is 1. The molecule has 2 aromatic rings. The molecule has 42 heavy (non-hydrogen) atoms. The molecule has 0 bridgehead atoms. The number of rotatable bonds is 16. The summed E-state index contributed by atoms with van der Waals surface area (Å²) in [5.74, 6) is -5.30. The van der Waals surface area contributed by atoms with Crippen molar-refractivity contribution in [3.63, 3.8) is 0 Å². The van der Waals surface area contributed by atoms with Gasteiger partial charge in [-0.25, -0.2) is 0 Å². The van der Waals surface area contributed by atoms with Gasteiger partial charge in [-0.2, -0.15) is 20.2 Å². The second-order valence-corrected chi connectivity index (χ2v) is 11.0. The zero-order valence-corrected chi connectivity index (χ0v) is 23.4. The normalized spacial score (nSPS) is 12.4. The first-order valence-corrected chi connectivity index (χ1v) is 14.6. The van der Waals surface area contributed by atoms with E-state index < -0.39 is 63.4 Å². The van der Waals surface area contributed by atoms with Gasteiger partial charge in [0.2, 0.25) is 11.8 Å². The van der Waals surface area contributed by atoms with Gasteiger partial charge in [-0.05, 0) is 55.0 Å². The van der Waals surface area contributed by atoms with Crippen molar-refractivity contribution in [1.29, 1.82) is 0 Å². The van der Waals surface area contributed by atoms with Crippen molar-refractivity contribution in [1.82, 2.24) is 10.6 Å². The van der Waals surface area contributed by atoms with Crippen molar-refractivity contribution in [3.05, 3.63) is 59.7 Å². The first-order valence-electron chi connectivity index (χ1n) is 12.0. The first kappa shape index (κ1) is 33.9. The van der Waals surface area contributed by atoms with Crippen LogP contribution in [0.25, 0.3) is 0 Å². The highest BCUT2D eigenvalue weighted by atomic mass is 32.3. The third-order valence-electron chi connectivity index (χ3n) is 5.45. The van der Waals surface area contributed by atoms with E-state index in [4.69, 9.17) is 15.9 Å². The van der Waals surface area contributed by atoms with E-state index in [0.29, 0.717) is 5.69 Å². The largest absolute Gasteiger partial charge is 0.480 e. The number of ketones is 1. The van der Waals surface area contributed by atoms with Crippen LogP contribution < -0.4 is 21.7 Å². The number of Topliss-reactive ketones (excluding diaryl/α,β-unsaturated/α-hetero) is 1. The zero-order chi connectivity index (χ0) is 31.4. The molecule has 3 amide bonds. The van der Waals surface area contributed by atoms with Gasteiger partial charge in [0.1, 0.15) is 18.6 Å². The molecule has 0 fully saturated rings. The Kier molecular flexibility index (Phi) is 12.6. The Labute approximate surface area is 243 Å². The molecule has 0 radical (unpaired) electrons. The molecule has 0 aliphatic rings. The van der Waals surface area contributed by atoms with Crippen molar-refractivity contribution in [2.75, 3.05) is 23.4 Å². The van der Waals surface area contributed by atoms with Crippen LogP contribution in [0.1, 0.15) is 33.6 Å². The number of aliphatic carboxylic acids is 2. The summed E-state index contributed by atoms with van der Waals surface area (Å²) in [6.45, 7) is -0.702. The van der Waals surface area contributed by atoms with Gasteiger partial charge < -0.3 is 31.9 Å². The molecule has 14 nitrogen and oxygen atoms in total. The lowest BCUT2D eigenvalue weighted by molar-refractivity contribution is -0.139. The highest BCUT2D eigenvalue weighted by Gasteiger charge is 2.23. The van der Waals surface area contributed by atoms with Crippen molar-refractivity contribution in [2.45, 2.75) is 29.8 Å². The molecule has 0 aliphatic carbocycles. The molecular weight excluding hydrogens is 599 g/mol. The van der Waals surface area contributed by atoms with E-state index in [0.717, 1.165) is 36.0 Å². The van der Waals surface area contributed by atoms with Crippen molar-refractivity contribution in [3.8, 4) is 0 Å². The van der Waals surface area contributed by atoms with Crippen LogP contribution in [0.15, 0.2) is 53.4 Å². The average Bonchev–Trinajstić information content (AvgIpc) is 2.93. The van der Waals surface area contributed by atoms with Gasteiger partial charge in [0.25, 0.3) is 5.91 Å². The van der Waals surface area contributed by atoms with E-state index in [-0.39, 0.29) is 41.3 Å². The fraction of sp³-hybridized carbons (Fsp3) is 0.280. The summed E-state index contributed by atoms with van der Waals surface area (Å²) in [4.78, 5) is 70.6. The molecule has 0 aromatic heterocycles. The smallest absolute Gasteiger partial charge is 0.332 e. The van der Waals surface area contributed by atoms with Gasteiger partial charge >= 0.3 is 22.2 Å². The number of carboxylic acids is 2. The Bertz CT molecular complexity index is 1430. The summed E-state index contributed by atoms with van der Waals surface area (Å²) in [6, 6.07) is 7.43. The van der Waals surface area contributed by atoms with Crippen LogP contribution in [-0.4, -0.2) is 84.2 Å².